The SMILES string of the molecule is COc1ccc(-c2cc3c(cc2-c2ccc(S(N)(=O)=O)cc2)OCO3)cc1N(C)C. The largest absolute Gasteiger partial charge is 0.495 e. The molecule has 0 bridgehead atoms. The molecule has 0 radical (unpaired) electrons. The lowest BCUT2D eigenvalue weighted by molar-refractivity contribution is 0.174. The smallest absolute Gasteiger partial charge is 0.238 e. The molecule has 0 saturated carbocycles. The summed E-state index contributed by atoms with van der Waals surface area (Å²) in [6.45, 7) is 0.161. The maximum atomic E-state index is 11.6. The minimum atomic E-state index is -3.76. The first kappa shape index (κ1) is 20.1. The van der Waals surface area contributed by atoms with Crippen molar-refractivity contribution in [3.63, 3.8) is 0 Å². The van der Waals surface area contributed by atoms with Crippen molar-refractivity contribution in [2.24, 2.45) is 5.14 Å². The summed E-state index contributed by atoms with van der Waals surface area (Å²) >= 11 is 0. The van der Waals surface area contributed by atoms with Crippen molar-refractivity contribution in [3.05, 3.63) is 54.6 Å². The summed E-state index contributed by atoms with van der Waals surface area (Å²) in [6, 6.07) is 16.2. The van der Waals surface area contributed by atoms with Crippen molar-refractivity contribution in [1.82, 2.24) is 0 Å². The minimum absolute atomic E-state index is 0.0629. The number of hydrogen-bond donors (Lipinski definition) is 1. The van der Waals surface area contributed by atoms with E-state index < -0.39 is 10.0 Å². The molecule has 8 heteroatoms. The van der Waals surface area contributed by atoms with Gasteiger partial charge in [0.15, 0.2) is 11.5 Å². The zero-order chi connectivity index (χ0) is 21.5. The molecule has 0 fully saturated rings. The third kappa shape index (κ3) is 3.67. The average Bonchev–Trinajstić information content (AvgIpc) is 3.19. The Balaban J connectivity index is 1.90. The number of primary sulfonamides is 1. The van der Waals surface area contributed by atoms with E-state index in [4.69, 9.17) is 19.3 Å². The fraction of sp³-hybridized carbons (Fsp3) is 0.182. The van der Waals surface area contributed by atoms with E-state index in [-0.39, 0.29) is 11.7 Å². The average molecular weight is 426 g/mol. The Kier molecular flexibility index (Phi) is 5.05. The number of rotatable bonds is 5. The van der Waals surface area contributed by atoms with Gasteiger partial charge >= 0.3 is 0 Å². The molecule has 7 nitrogen and oxygen atoms in total. The summed E-state index contributed by atoms with van der Waals surface area (Å²) < 4.78 is 39.8. The van der Waals surface area contributed by atoms with Crippen LogP contribution >= 0.6 is 0 Å². The van der Waals surface area contributed by atoms with E-state index in [0.717, 1.165) is 33.7 Å². The van der Waals surface area contributed by atoms with Crippen molar-refractivity contribution in [2.45, 2.75) is 4.90 Å². The van der Waals surface area contributed by atoms with Gasteiger partial charge < -0.3 is 19.1 Å². The second-order valence-corrected chi connectivity index (χ2v) is 8.66. The van der Waals surface area contributed by atoms with Crippen LogP contribution in [-0.4, -0.2) is 36.4 Å². The first-order chi connectivity index (χ1) is 14.3. The fourth-order valence-electron chi connectivity index (χ4n) is 3.45. The first-order valence-corrected chi connectivity index (χ1v) is 10.7. The van der Waals surface area contributed by atoms with Crippen molar-refractivity contribution in [3.8, 4) is 39.5 Å². The van der Waals surface area contributed by atoms with Crippen LogP contribution in [0.15, 0.2) is 59.5 Å². The van der Waals surface area contributed by atoms with Crippen LogP contribution < -0.4 is 24.2 Å². The lowest BCUT2D eigenvalue weighted by Crippen LogP contribution is -2.11. The summed E-state index contributed by atoms with van der Waals surface area (Å²) in [4.78, 5) is 2.04. The quantitative estimate of drug-likeness (QED) is 0.672. The highest BCUT2D eigenvalue weighted by Crippen LogP contribution is 2.44. The van der Waals surface area contributed by atoms with Crippen LogP contribution in [0.2, 0.25) is 0 Å². The highest BCUT2D eigenvalue weighted by molar-refractivity contribution is 7.89. The normalized spacial score (nSPS) is 12.7. The molecule has 0 spiro atoms. The van der Waals surface area contributed by atoms with E-state index in [9.17, 15) is 8.42 Å². The molecule has 0 amide bonds. The topological polar surface area (TPSA) is 91.1 Å². The van der Waals surface area contributed by atoms with Gasteiger partial charge in [-0.2, -0.15) is 0 Å². The molecule has 156 valence electrons. The number of nitrogens with two attached hydrogens (primary N) is 1. The van der Waals surface area contributed by atoms with Gasteiger partial charge in [0, 0.05) is 14.1 Å². The summed E-state index contributed by atoms with van der Waals surface area (Å²) in [6.07, 6.45) is 0. The van der Waals surface area contributed by atoms with Crippen molar-refractivity contribution in [2.75, 3.05) is 32.9 Å². The monoisotopic (exact) mass is 426 g/mol. The molecule has 3 aromatic rings. The minimum Gasteiger partial charge on any atom is -0.495 e. The molecule has 0 atom stereocenters. The molecule has 0 aromatic heterocycles. The molecule has 1 heterocycles. The van der Waals surface area contributed by atoms with Crippen LogP contribution in [-0.2, 0) is 10.0 Å². The van der Waals surface area contributed by atoms with Gasteiger partial charge in [0.1, 0.15) is 5.75 Å². The standard InChI is InChI=1S/C22H22N2O5S/c1-24(2)19-10-15(6-9-20(19)27-3)18-12-22-21(28-13-29-22)11-17(18)14-4-7-16(8-5-14)30(23,25)26/h4-12H,13H2,1-3H3,(H2,23,25,26). The predicted molar refractivity (Wildman–Crippen MR) is 116 cm³/mol. The number of sulfonamides is 1. The number of ether oxygens (including phenoxy) is 3. The van der Waals surface area contributed by atoms with E-state index in [0.29, 0.717) is 11.5 Å². The van der Waals surface area contributed by atoms with E-state index in [2.05, 4.69) is 0 Å². The Hall–Kier alpha value is -3.23. The lowest BCUT2D eigenvalue weighted by atomic mass is 9.93. The highest BCUT2D eigenvalue weighted by atomic mass is 32.2. The van der Waals surface area contributed by atoms with E-state index >= 15 is 0 Å². The van der Waals surface area contributed by atoms with Gasteiger partial charge in [-0.1, -0.05) is 18.2 Å². The summed E-state index contributed by atoms with van der Waals surface area (Å²) in [7, 11) is 1.78. The third-order valence-electron chi connectivity index (χ3n) is 4.98. The Morgan fingerprint density at radius 1 is 0.900 bits per heavy atom. The van der Waals surface area contributed by atoms with Gasteiger partial charge in [0.25, 0.3) is 0 Å². The van der Waals surface area contributed by atoms with Gasteiger partial charge in [0.2, 0.25) is 16.8 Å². The van der Waals surface area contributed by atoms with Crippen molar-refractivity contribution >= 4 is 15.7 Å². The molecule has 0 saturated heterocycles. The van der Waals surface area contributed by atoms with Gasteiger partial charge in [-0.3, -0.25) is 0 Å². The molecular formula is C22H22N2O5S. The zero-order valence-corrected chi connectivity index (χ0v) is 17.7. The fourth-order valence-corrected chi connectivity index (χ4v) is 3.97. The molecule has 3 aromatic carbocycles. The van der Waals surface area contributed by atoms with Gasteiger partial charge in [-0.15, -0.1) is 0 Å². The molecule has 2 N–H and O–H groups in total. The van der Waals surface area contributed by atoms with Crippen molar-refractivity contribution in [1.29, 1.82) is 0 Å². The van der Waals surface area contributed by atoms with E-state index in [1.54, 1.807) is 19.2 Å². The number of benzene rings is 3. The van der Waals surface area contributed by atoms with Gasteiger partial charge in [0.05, 0.1) is 17.7 Å². The van der Waals surface area contributed by atoms with Crippen LogP contribution in [0.4, 0.5) is 5.69 Å². The number of methoxy groups -OCH3 is 1. The number of nitrogens with zero attached hydrogens (tertiary/aromatic N) is 1. The lowest BCUT2D eigenvalue weighted by Gasteiger charge is -2.19. The number of hydrogen-bond acceptors (Lipinski definition) is 6. The first-order valence-electron chi connectivity index (χ1n) is 9.20. The molecule has 4 rings (SSSR count). The van der Waals surface area contributed by atoms with Crippen LogP contribution in [0.3, 0.4) is 0 Å². The Morgan fingerprint density at radius 3 is 2.00 bits per heavy atom. The maximum absolute atomic E-state index is 11.6. The molecule has 1 aliphatic rings. The summed E-state index contributed by atoms with van der Waals surface area (Å²) in [5, 5.41) is 5.23. The third-order valence-corrected chi connectivity index (χ3v) is 5.91. The Labute approximate surface area is 175 Å². The van der Waals surface area contributed by atoms with E-state index in [1.165, 1.54) is 12.1 Å². The number of fused-ring (bicyclic) bond motifs is 1. The maximum Gasteiger partial charge on any atom is 0.238 e. The van der Waals surface area contributed by atoms with Crippen LogP contribution in [0.5, 0.6) is 17.2 Å². The molecule has 0 aliphatic carbocycles. The van der Waals surface area contributed by atoms with Crippen LogP contribution in [0.1, 0.15) is 0 Å². The molecule has 0 unspecified atom stereocenters. The molecule has 1 aliphatic heterocycles. The second-order valence-electron chi connectivity index (χ2n) is 7.10. The molecular weight excluding hydrogens is 404 g/mol. The highest BCUT2D eigenvalue weighted by Gasteiger charge is 2.20. The van der Waals surface area contributed by atoms with E-state index in [1.807, 2.05) is 49.3 Å². The zero-order valence-electron chi connectivity index (χ0n) is 16.9. The Morgan fingerprint density at radius 2 is 1.47 bits per heavy atom. The summed E-state index contributed by atoms with van der Waals surface area (Å²) in [5.41, 5.74) is 4.54. The summed E-state index contributed by atoms with van der Waals surface area (Å²) in [5.74, 6) is 2.08. The Bertz CT molecular complexity index is 1200. The van der Waals surface area contributed by atoms with Crippen molar-refractivity contribution < 1.29 is 22.6 Å². The van der Waals surface area contributed by atoms with Gasteiger partial charge in [-0.05, 0) is 58.7 Å². The predicted octanol–water partition coefficient (Wildman–Crippen LogP) is 3.47. The number of anilines is 1. The van der Waals surface area contributed by atoms with Gasteiger partial charge in [-0.25, -0.2) is 13.6 Å². The molecule has 30 heavy (non-hydrogen) atoms. The van der Waals surface area contributed by atoms with Crippen LogP contribution in [0, 0.1) is 0 Å². The van der Waals surface area contributed by atoms with Crippen LogP contribution in [0.25, 0.3) is 22.3 Å². The second kappa shape index (κ2) is 7.55.